The fourth-order valence-corrected chi connectivity index (χ4v) is 1.28. The van der Waals surface area contributed by atoms with Gasteiger partial charge in [-0.1, -0.05) is 24.3 Å². The van der Waals surface area contributed by atoms with Crippen LogP contribution in [0.25, 0.3) is 0 Å². The Balaban J connectivity index is 2.25. The molecule has 16 heavy (non-hydrogen) atoms. The highest BCUT2D eigenvalue weighted by molar-refractivity contribution is 5.82. The number of halogens is 2. The van der Waals surface area contributed by atoms with Gasteiger partial charge in [0.05, 0.1) is 5.69 Å². The summed E-state index contributed by atoms with van der Waals surface area (Å²) in [6.07, 6.45) is 1.38. The maximum Gasteiger partial charge on any atom is 0.131 e. The van der Waals surface area contributed by atoms with Crippen LogP contribution in [0.2, 0.25) is 0 Å². The third kappa shape index (κ3) is 2.51. The van der Waals surface area contributed by atoms with E-state index in [0.29, 0.717) is 11.3 Å². The molecule has 80 valence electrons. The Morgan fingerprint density at radius 2 is 1.75 bits per heavy atom. The molecular weight excluding hydrogens is 208 g/mol. The second kappa shape index (κ2) is 4.66. The minimum absolute atomic E-state index is 0.345. The van der Waals surface area contributed by atoms with E-state index < -0.39 is 0 Å². The smallest absolute Gasteiger partial charge is 0.131 e. The Kier molecular flexibility index (Phi) is 3.05. The van der Waals surface area contributed by atoms with Gasteiger partial charge in [0.15, 0.2) is 0 Å². The molecule has 2 aromatic carbocycles. The van der Waals surface area contributed by atoms with Crippen LogP contribution in [-0.4, -0.2) is 6.21 Å². The summed E-state index contributed by atoms with van der Waals surface area (Å²) in [6.45, 7) is 0. The molecule has 1 nitrogen and oxygen atoms in total. The predicted molar refractivity (Wildman–Crippen MR) is 60.1 cm³/mol. The highest BCUT2D eigenvalue weighted by Crippen LogP contribution is 2.13. The van der Waals surface area contributed by atoms with Gasteiger partial charge in [-0.05, 0) is 24.3 Å². The van der Waals surface area contributed by atoms with Crippen molar-refractivity contribution in [2.75, 3.05) is 0 Å². The molecule has 0 saturated heterocycles. The first-order chi connectivity index (χ1) is 7.75. The molecule has 0 aromatic heterocycles. The van der Waals surface area contributed by atoms with Gasteiger partial charge in [-0.3, -0.25) is 4.99 Å². The lowest BCUT2D eigenvalue weighted by Gasteiger charge is -1.95. The summed E-state index contributed by atoms with van der Waals surface area (Å²) in [4.78, 5) is 3.99. The first kappa shape index (κ1) is 10.5. The van der Waals surface area contributed by atoms with E-state index in [0.717, 1.165) is 0 Å². The monoisotopic (exact) mass is 217 g/mol. The van der Waals surface area contributed by atoms with Crippen molar-refractivity contribution in [2.24, 2.45) is 4.99 Å². The van der Waals surface area contributed by atoms with E-state index in [1.807, 2.05) is 0 Å². The fourth-order valence-electron chi connectivity index (χ4n) is 1.28. The Bertz CT molecular complexity index is 521. The SMILES string of the molecule is Fc1cccc(/N=C/c2ccccc2F)c1. The number of benzene rings is 2. The Morgan fingerprint density at radius 3 is 2.50 bits per heavy atom. The van der Waals surface area contributed by atoms with E-state index in [1.54, 1.807) is 30.3 Å². The molecule has 2 rings (SSSR count). The number of nitrogens with zero attached hydrogens (tertiary/aromatic N) is 1. The number of hydrogen-bond donors (Lipinski definition) is 0. The van der Waals surface area contributed by atoms with Crippen LogP contribution >= 0.6 is 0 Å². The van der Waals surface area contributed by atoms with Crippen molar-refractivity contribution in [1.29, 1.82) is 0 Å². The maximum absolute atomic E-state index is 13.2. The lowest BCUT2D eigenvalue weighted by atomic mass is 10.2. The zero-order chi connectivity index (χ0) is 11.4. The van der Waals surface area contributed by atoms with Gasteiger partial charge in [-0.25, -0.2) is 8.78 Å². The van der Waals surface area contributed by atoms with E-state index in [1.165, 1.54) is 24.4 Å². The second-order valence-corrected chi connectivity index (χ2v) is 3.26. The van der Waals surface area contributed by atoms with E-state index in [9.17, 15) is 8.78 Å². The molecule has 0 aliphatic rings. The van der Waals surface area contributed by atoms with Crippen molar-refractivity contribution in [1.82, 2.24) is 0 Å². The van der Waals surface area contributed by atoms with Gasteiger partial charge in [0.25, 0.3) is 0 Å². The van der Waals surface area contributed by atoms with Gasteiger partial charge < -0.3 is 0 Å². The van der Waals surface area contributed by atoms with Crippen LogP contribution in [0.15, 0.2) is 53.5 Å². The molecule has 0 saturated carbocycles. The van der Waals surface area contributed by atoms with E-state index >= 15 is 0 Å². The molecule has 0 bridgehead atoms. The van der Waals surface area contributed by atoms with Gasteiger partial charge in [0.1, 0.15) is 11.6 Å². The normalized spacial score (nSPS) is 10.9. The fraction of sp³-hybridized carbons (Fsp3) is 0. The molecule has 0 aliphatic carbocycles. The highest BCUT2D eigenvalue weighted by atomic mass is 19.1. The van der Waals surface area contributed by atoms with Crippen LogP contribution in [-0.2, 0) is 0 Å². The molecule has 0 amide bonds. The van der Waals surface area contributed by atoms with Crippen molar-refractivity contribution in [3.63, 3.8) is 0 Å². The van der Waals surface area contributed by atoms with E-state index in [-0.39, 0.29) is 11.6 Å². The standard InChI is InChI=1S/C13H9F2N/c14-11-5-3-6-12(8-11)16-9-10-4-1-2-7-13(10)15/h1-9H/b16-9+. The van der Waals surface area contributed by atoms with Crippen LogP contribution in [0, 0.1) is 11.6 Å². The first-order valence-electron chi connectivity index (χ1n) is 4.80. The van der Waals surface area contributed by atoms with Crippen LogP contribution in [0.5, 0.6) is 0 Å². The summed E-state index contributed by atoms with van der Waals surface area (Å²) in [5, 5.41) is 0. The van der Waals surface area contributed by atoms with Crippen molar-refractivity contribution in [3.05, 3.63) is 65.7 Å². The Morgan fingerprint density at radius 1 is 0.938 bits per heavy atom. The molecule has 0 aliphatic heterocycles. The van der Waals surface area contributed by atoms with Gasteiger partial charge in [-0.2, -0.15) is 0 Å². The molecule has 0 spiro atoms. The van der Waals surface area contributed by atoms with Crippen molar-refractivity contribution in [2.45, 2.75) is 0 Å². The van der Waals surface area contributed by atoms with Gasteiger partial charge in [-0.15, -0.1) is 0 Å². The summed E-state index contributed by atoms with van der Waals surface area (Å²) in [7, 11) is 0. The lowest BCUT2D eigenvalue weighted by Crippen LogP contribution is -1.86. The molecule has 0 atom stereocenters. The number of aliphatic imine (C=N–C) groups is 1. The molecule has 3 heteroatoms. The summed E-state index contributed by atoms with van der Waals surface area (Å²) in [6, 6.07) is 12.1. The third-order valence-corrected chi connectivity index (χ3v) is 2.07. The summed E-state index contributed by atoms with van der Waals surface area (Å²) in [5.74, 6) is -0.703. The summed E-state index contributed by atoms with van der Waals surface area (Å²) in [5.41, 5.74) is 0.843. The van der Waals surface area contributed by atoms with Crippen LogP contribution < -0.4 is 0 Å². The van der Waals surface area contributed by atoms with Crippen LogP contribution in [0.4, 0.5) is 14.5 Å². The number of hydrogen-bond acceptors (Lipinski definition) is 1. The summed E-state index contributed by atoms with van der Waals surface area (Å²) < 4.78 is 26.0. The zero-order valence-corrected chi connectivity index (χ0v) is 8.40. The maximum atomic E-state index is 13.2. The largest absolute Gasteiger partial charge is 0.256 e. The average molecular weight is 217 g/mol. The molecular formula is C13H9F2N. The third-order valence-electron chi connectivity index (χ3n) is 2.07. The predicted octanol–water partition coefficient (Wildman–Crippen LogP) is 3.72. The second-order valence-electron chi connectivity index (χ2n) is 3.26. The highest BCUT2D eigenvalue weighted by Gasteiger charge is 1.96. The van der Waals surface area contributed by atoms with Crippen molar-refractivity contribution < 1.29 is 8.78 Å². The minimum atomic E-state index is -0.358. The molecule has 0 radical (unpaired) electrons. The van der Waals surface area contributed by atoms with E-state index in [4.69, 9.17) is 0 Å². The molecule has 2 aromatic rings. The van der Waals surface area contributed by atoms with Crippen molar-refractivity contribution >= 4 is 11.9 Å². The first-order valence-corrected chi connectivity index (χ1v) is 4.80. The van der Waals surface area contributed by atoms with E-state index in [2.05, 4.69) is 4.99 Å². The van der Waals surface area contributed by atoms with Gasteiger partial charge in [0.2, 0.25) is 0 Å². The zero-order valence-electron chi connectivity index (χ0n) is 8.40. The van der Waals surface area contributed by atoms with Crippen LogP contribution in [0.3, 0.4) is 0 Å². The minimum Gasteiger partial charge on any atom is -0.256 e. The molecule has 0 N–H and O–H groups in total. The molecule has 0 heterocycles. The Labute approximate surface area is 92.1 Å². The van der Waals surface area contributed by atoms with Crippen LogP contribution in [0.1, 0.15) is 5.56 Å². The average Bonchev–Trinajstić information content (AvgIpc) is 2.28. The van der Waals surface area contributed by atoms with Crippen molar-refractivity contribution in [3.8, 4) is 0 Å². The quantitative estimate of drug-likeness (QED) is 0.680. The Hall–Kier alpha value is -2.03. The summed E-state index contributed by atoms with van der Waals surface area (Å²) >= 11 is 0. The lowest BCUT2D eigenvalue weighted by molar-refractivity contribution is 0.626. The number of rotatable bonds is 2. The van der Waals surface area contributed by atoms with Gasteiger partial charge >= 0.3 is 0 Å². The topological polar surface area (TPSA) is 12.4 Å². The molecule has 0 unspecified atom stereocenters. The molecule has 0 fully saturated rings. The van der Waals surface area contributed by atoms with Gasteiger partial charge in [0, 0.05) is 11.8 Å².